The molecule has 5 nitrogen and oxygen atoms in total. The number of benzene rings is 1. The summed E-state index contributed by atoms with van der Waals surface area (Å²) in [6, 6.07) is 6.15. The first-order chi connectivity index (χ1) is 13.8. The van der Waals surface area contributed by atoms with Crippen LogP contribution < -0.4 is 5.56 Å². The van der Waals surface area contributed by atoms with E-state index < -0.39 is 5.41 Å². The third-order valence-electron chi connectivity index (χ3n) is 7.12. The minimum Gasteiger partial charge on any atom is -0.460 e. The SMILES string of the molecule is CCC1(C)C(=O)OCc2c1cc1n(c2=O)Cc2c-1nc1ccc(C)c(C)c1c2C. The number of nitrogens with zero attached hydrogens (tertiary/aromatic N) is 2. The van der Waals surface area contributed by atoms with Crippen LogP contribution in [0.3, 0.4) is 0 Å². The third-order valence-corrected chi connectivity index (χ3v) is 7.12. The van der Waals surface area contributed by atoms with Crippen molar-refractivity contribution in [3.63, 3.8) is 0 Å². The van der Waals surface area contributed by atoms with Gasteiger partial charge in [0.25, 0.3) is 5.56 Å². The molecule has 3 aromatic rings. The highest BCUT2D eigenvalue weighted by Gasteiger charge is 2.43. The molecule has 148 valence electrons. The van der Waals surface area contributed by atoms with E-state index in [0.29, 0.717) is 18.5 Å². The van der Waals surface area contributed by atoms with Crippen molar-refractivity contribution in [1.82, 2.24) is 9.55 Å². The van der Waals surface area contributed by atoms with Crippen LogP contribution >= 0.6 is 0 Å². The van der Waals surface area contributed by atoms with E-state index in [2.05, 4.69) is 32.9 Å². The number of carbonyl (C=O) groups excluding carboxylic acids is 1. The minimum absolute atomic E-state index is 0.0475. The van der Waals surface area contributed by atoms with E-state index in [1.165, 1.54) is 22.1 Å². The molecule has 0 aliphatic carbocycles. The van der Waals surface area contributed by atoms with Gasteiger partial charge in [-0.15, -0.1) is 0 Å². The average Bonchev–Trinajstić information content (AvgIpc) is 3.08. The van der Waals surface area contributed by atoms with Crippen molar-refractivity contribution in [2.75, 3.05) is 0 Å². The molecule has 0 N–H and O–H groups in total. The van der Waals surface area contributed by atoms with E-state index in [9.17, 15) is 9.59 Å². The molecular weight excluding hydrogens is 364 g/mol. The number of carbonyl (C=O) groups is 1. The van der Waals surface area contributed by atoms with Crippen molar-refractivity contribution >= 4 is 16.9 Å². The van der Waals surface area contributed by atoms with Crippen molar-refractivity contribution in [2.24, 2.45) is 0 Å². The van der Waals surface area contributed by atoms with Gasteiger partial charge in [0.1, 0.15) is 6.61 Å². The maximum Gasteiger partial charge on any atom is 0.316 e. The maximum atomic E-state index is 13.4. The molecule has 2 aliphatic rings. The first-order valence-electron chi connectivity index (χ1n) is 10.1. The van der Waals surface area contributed by atoms with Crippen LogP contribution in [0.5, 0.6) is 0 Å². The quantitative estimate of drug-likeness (QED) is 0.461. The van der Waals surface area contributed by atoms with Gasteiger partial charge >= 0.3 is 5.97 Å². The average molecular weight is 388 g/mol. The number of ether oxygens (including phenoxy) is 1. The van der Waals surface area contributed by atoms with E-state index in [1.54, 1.807) is 4.57 Å². The summed E-state index contributed by atoms with van der Waals surface area (Å²) >= 11 is 0. The molecular formula is C24H24N2O3. The Morgan fingerprint density at radius 1 is 1.14 bits per heavy atom. The second kappa shape index (κ2) is 5.78. The Kier molecular flexibility index (Phi) is 3.61. The lowest BCUT2D eigenvalue weighted by atomic mass is 9.76. The molecule has 5 rings (SSSR count). The van der Waals surface area contributed by atoms with Crippen LogP contribution in [-0.2, 0) is 28.1 Å². The summed E-state index contributed by atoms with van der Waals surface area (Å²) in [5, 5.41) is 1.17. The standard InChI is InChI=1S/C24H24N2O3/c1-6-24(5)17-9-19-21-15(10-26(19)22(27)16(17)11-29-23(24)28)14(4)20-13(3)12(2)7-8-18(20)25-21/h7-9H,6,10-11H2,1-5H3. The fourth-order valence-electron chi connectivity index (χ4n) is 4.86. The molecule has 0 bridgehead atoms. The van der Waals surface area contributed by atoms with Gasteiger partial charge in [0, 0.05) is 10.9 Å². The fourth-order valence-corrected chi connectivity index (χ4v) is 4.86. The lowest BCUT2D eigenvalue weighted by Crippen LogP contribution is -2.42. The molecule has 0 radical (unpaired) electrons. The van der Waals surface area contributed by atoms with Crippen LogP contribution in [0.2, 0.25) is 0 Å². The summed E-state index contributed by atoms with van der Waals surface area (Å²) in [5.41, 5.74) is 7.87. The first kappa shape index (κ1) is 18.1. The molecule has 1 atom stereocenters. The smallest absolute Gasteiger partial charge is 0.316 e. The summed E-state index contributed by atoms with van der Waals surface area (Å²) in [7, 11) is 0. The van der Waals surface area contributed by atoms with Crippen molar-refractivity contribution in [2.45, 2.75) is 59.6 Å². The molecule has 5 heteroatoms. The van der Waals surface area contributed by atoms with E-state index >= 15 is 0 Å². The van der Waals surface area contributed by atoms with Gasteiger partial charge in [0.15, 0.2) is 0 Å². The highest BCUT2D eigenvalue weighted by molar-refractivity contribution is 5.91. The van der Waals surface area contributed by atoms with Gasteiger partial charge in [0.2, 0.25) is 0 Å². The first-order valence-corrected chi connectivity index (χ1v) is 10.1. The molecule has 29 heavy (non-hydrogen) atoms. The minimum atomic E-state index is -0.801. The largest absolute Gasteiger partial charge is 0.460 e. The second-order valence-corrected chi connectivity index (χ2v) is 8.54. The molecule has 2 aliphatic heterocycles. The second-order valence-electron chi connectivity index (χ2n) is 8.54. The van der Waals surface area contributed by atoms with E-state index in [1.807, 2.05) is 19.9 Å². The van der Waals surface area contributed by atoms with Crippen LogP contribution in [0.4, 0.5) is 0 Å². The third kappa shape index (κ3) is 2.18. The Morgan fingerprint density at radius 3 is 2.62 bits per heavy atom. The summed E-state index contributed by atoms with van der Waals surface area (Å²) in [5.74, 6) is -0.260. The molecule has 0 fully saturated rings. The van der Waals surface area contributed by atoms with Crippen LogP contribution in [0, 0.1) is 20.8 Å². The Bertz CT molecular complexity index is 1300. The zero-order valence-corrected chi connectivity index (χ0v) is 17.5. The molecule has 1 unspecified atom stereocenters. The number of cyclic esters (lactones) is 1. The highest BCUT2D eigenvalue weighted by Crippen LogP contribution is 2.41. The van der Waals surface area contributed by atoms with Crippen molar-refractivity contribution < 1.29 is 9.53 Å². The predicted molar refractivity (Wildman–Crippen MR) is 112 cm³/mol. The van der Waals surface area contributed by atoms with Crippen molar-refractivity contribution in [3.8, 4) is 11.4 Å². The lowest BCUT2D eigenvalue weighted by molar-refractivity contribution is -0.153. The zero-order valence-electron chi connectivity index (χ0n) is 17.5. The summed E-state index contributed by atoms with van der Waals surface area (Å²) in [6.45, 7) is 10.7. The van der Waals surface area contributed by atoms with Crippen molar-refractivity contribution in [1.29, 1.82) is 0 Å². The van der Waals surface area contributed by atoms with Gasteiger partial charge in [-0.25, -0.2) is 4.98 Å². The monoisotopic (exact) mass is 388 g/mol. The number of pyridine rings is 2. The van der Waals surface area contributed by atoms with Crippen LogP contribution in [-0.4, -0.2) is 15.5 Å². The van der Waals surface area contributed by atoms with Crippen LogP contribution in [0.1, 0.15) is 53.6 Å². The van der Waals surface area contributed by atoms with Gasteiger partial charge in [-0.2, -0.15) is 0 Å². The predicted octanol–water partition coefficient (Wildman–Crippen LogP) is 4.07. The number of hydrogen-bond donors (Lipinski definition) is 0. The van der Waals surface area contributed by atoms with Gasteiger partial charge in [-0.3, -0.25) is 9.59 Å². The summed E-state index contributed by atoms with van der Waals surface area (Å²) in [4.78, 5) is 30.8. The number of aromatic nitrogens is 2. The maximum absolute atomic E-state index is 13.4. The fraction of sp³-hybridized carbons (Fsp3) is 0.375. The molecule has 0 saturated heterocycles. The molecule has 1 aromatic carbocycles. The number of aryl methyl sites for hydroxylation is 3. The van der Waals surface area contributed by atoms with Crippen LogP contribution in [0.15, 0.2) is 23.0 Å². The van der Waals surface area contributed by atoms with Gasteiger partial charge in [-0.1, -0.05) is 13.0 Å². The Balaban J connectivity index is 1.84. The Hall–Kier alpha value is -2.95. The van der Waals surface area contributed by atoms with Crippen LogP contribution in [0.25, 0.3) is 22.3 Å². The lowest BCUT2D eigenvalue weighted by Gasteiger charge is -2.33. The Morgan fingerprint density at radius 2 is 1.90 bits per heavy atom. The number of rotatable bonds is 1. The molecule has 0 amide bonds. The molecule has 2 aromatic heterocycles. The topological polar surface area (TPSA) is 61.2 Å². The summed E-state index contributed by atoms with van der Waals surface area (Å²) in [6.07, 6.45) is 0.581. The van der Waals surface area contributed by atoms with E-state index in [4.69, 9.17) is 9.72 Å². The highest BCUT2D eigenvalue weighted by atomic mass is 16.5. The number of fused-ring (bicyclic) bond motifs is 5. The normalized spacial score (nSPS) is 19.7. The zero-order chi connectivity index (χ0) is 20.7. The molecule has 0 saturated carbocycles. The number of hydrogen-bond acceptors (Lipinski definition) is 4. The van der Waals surface area contributed by atoms with Gasteiger partial charge in [-0.05, 0) is 68.5 Å². The Labute approximate surface area is 169 Å². The van der Waals surface area contributed by atoms with Crippen molar-refractivity contribution in [3.05, 3.63) is 61.9 Å². The van der Waals surface area contributed by atoms with E-state index in [-0.39, 0.29) is 18.1 Å². The van der Waals surface area contributed by atoms with Gasteiger partial charge < -0.3 is 9.30 Å². The molecule has 0 spiro atoms. The number of esters is 1. The molecule has 4 heterocycles. The van der Waals surface area contributed by atoms with E-state index in [0.717, 1.165) is 28.0 Å². The summed E-state index contributed by atoms with van der Waals surface area (Å²) < 4.78 is 7.17. The van der Waals surface area contributed by atoms with Gasteiger partial charge in [0.05, 0.1) is 34.4 Å².